The molecule has 0 radical (unpaired) electrons. The summed E-state index contributed by atoms with van der Waals surface area (Å²) in [6, 6.07) is 5.26. The molecule has 0 saturated carbocycles. The molecule has 0 bridgehead atoms. The average Bonchev–Trinajstić information content (AvgIpc) is 2.77. The van der Waals surface area contributed by atoms with Gasteiger partial charge >= 0.3 is 0 Å². The quantitative estimate of drug-likeness (QED) is 0.869. The molecule has 0 aliphatic carbocycles. The lowest BCUT2D eigenvalue weighted by atomic mass is 10.0. The van der Waals surface area contributed by atoms with Gasteiger partial charge in [-0.1, -0.05) is 25.4 Å². The molecule has 0 fully saturated rings. The maximum absolute atomic E-state index is 11.4. The third-order valence-electron chi connectivity index (χ3n) is 3.14. The number of benzene rings is 1. The van der Waals surface area contributed by atoms with Gasteiger partial charge in [-0.05, 0) is 31.0 Å². The number of halogens is 2. The van der Waals surface area contributed by atoms with Crippen molar-refractivity contribution in [2.75, 3.05) is 0 Å². The molecule has 1 aromatic carbocycles. The van der Waals surface area contributed by atoms with Gasteiger partial charge < -0.3 is 5.73 Å². The summed E-state index contributed by atoms with van der Waals surface area (Å²) in [4.78, 5) is 16.0. The van der Waals surface area contributed by atoms with E-state index in [1.807, 2.05) is 39.0 Å². The van der Waals surface area contributed by atoms with Crippen LogP contribution in [-0.4, -0.2) is 16.9 Å². The summed E-state index contributed by atoms with van der Waals surface area (Å²) in [5.74, 6) is -0.199. The van der Waals surface area contributed by atoms with E-state index in [1.165, 1.54) is 0 Å². The summed E-state index contributed by atoms with van der Waals surface area (Å²) < 4.78 is 1.08. The van der Waals surface area contributed by atoms with Gasteiger partial charge in [-0.3, -0.25) is 10.1 Å². The highest BCUT2D eigenvalue weighted by molar-refractivity contribution is 7.18. The van der Waals surface area contributed by atoms with Crippen LogP contribution in [0.25, 0.3) is 10.2 Å². The monoisotopic (exact) mass is 347 g/mol. The maximum Gasteiger partial charge on any atom is 0.234 e. The van der Waals surface area contributed by atoms with E-state index in [9.17, 15) is 4.79 Å². The van der Waals surface area contributed by atoms with Crippen molar-refractivity contribution in [2.45, 2.75) is 32.9 Å². The zero-order valence-corrected chi connectivity index (χ0v) is 14.5. The van der Waals surface area contributed by atoms with Crippen molar-refractivity contribution in [3.8, 4) is 0 Å². The van der Waals surface area contributed by atoms with Crippen molar-refractivity contribution in [2.24, 2.45) is 11.7 Å². The molecular formula is C14H19Cl2N3OS. The summed E-state index contributed by atoms with van der Waals surface area (Å²) in [5, 5.41) is 4.85. The number of amides is 1. The number of carbonyl (C=O) groups excluding carboxylic acids is 1. The van der Waals surface area contributed by atoms with Gasteiger partial charge in [0.2, 0.25) is 5.91 Å². The second kappa shape index (κ2) is 7.40. The highest BCUT2D eigenvalue weighted by Gasteiger charge is 2.23. The molecule has 1 heterocycles. The van der Waals surface area contributed by atoms with Gasteiger partial charge in [-0.15, -0.1) is 23.7 Å². The van der Waals surface area contributed by atoms with E-state index in [0.29, 0.717) is 5.02 Å². The zero-order chi connectivity index (χ0) is 14.9. The molecular weight excluding hydrogens is 329 g/mol. The first kappa shape index (κ1) is 18.2. The number of rotatable bonds is 5. The van der Waals surface area contributed by atoms with Gasteiger partial charge in [0, 0.05) is 5.02 Å². The SMILES string of the molecule is CC(N[C@H](C(N)=O)C(C)C)c1nc2cc(Cl)ccc2s1.Cl. The molecule has 1 aromatic heterocycles. The third kappa shape index (κ3) is 4.30. The van der Waals surface area contributed by atoms with Crippen molar-refractivity contribution >= 4 is 51.5 Å². The Balaban J connectivity index is 0.00000220. The van der Waals surface area contributed by atoms with Crippen LogP contribution >= 0.6 is 35.3 Å². The lowest BCUT2D eigenvalue weighted by Crippen LogP contribution is -2.45. The standard InChI is InChI=1S/C14H18ClN3OS.ClH/c1-7(2)12(13(16)19)17-8(3)14-18-10-6-9(15)4-5-11(10)20-14;/h4-8,12,17H,1-3H3,(H2,16,19);1H/t8?,12-;/m0./s1. The van der Waals surface area contributed by atoms with Crippen molar-refractivity contribution in [1.82, 2.24) is 10.3 Å². The molecule has 21 heavy (non-hydrogen) atoms. The van der Waals surface area contributed by atoms with Crippen LogP contribution in [0.15, 0.2) is 18.2 Å². The summed E-state index contributed by atoms with van der Waals surface area (Å²) in [5.41, 5.74) is 6.30. The Hall–Kier alpha value is -0.880. The van der Waals surface area contributed by atoms with Crippen molar-refractivity contribution in [1.29, 1.82) is 0 Å². The number of nitrogens with one attached hydrogen (secondary N) is 1. The molecule has 4 nitrogen and oxygen atoms in total. The van der Waals surface area contributed by atoms with Crippen LogP contribution in [0.3, 0.4) is 0 Å². The summed E-state index contributed by atoms with van der Waals surface area (Å²) >= 11 is 7.56. The molecule has 2 aromatic rings. The van der Waals surface area contributed by atoms with Crippen LogP contribution < -0.4 is 11.1 Å². The summed E-state index contributed by atoms with van der Waals surface area (Å²) in [6.45, 7) is 5.91. The highest BCUT2D eigenvalue weighted by Crippen LogP contribution is 2.28. The van der Waals surface area contributed by atoms with E-state index in [-0.39, 0.29) is 36.3 Å². The lowest BCUT2D eigenvalue weighted by molar-refractivity contribution is -0.121. The van der Waals surface area contributed by atoms with Gasteiger partial charge in [0.25, 0.3) is 0 Å². The first-order valence-corrected chi connectivity index (χ1v) is 7.69. The van der Waals surface area contributed by atoms with Gasteiger partial charge in [0.05, 0.1) is 22.3 Å². The molecule has 3 N–H and O–H groups in total. The molecule has 0 aliphatic rings. The molecule has 7 heteroatoms. The first-order valence-electron chi connectivity index (χ1n) is 6.50. The van der Waals surface area contributed by atoms with Gasteiger partial charge in [-0.25, -0.2) is 4.98 Å². The number of thiazole rings is 1. The fourth-order valence-corrected chi connectivity index (χ4v) is 3.17. The summed E-state index contributed by atoms with van der Waals surface area (Å²) in [6.07, 6.45) is 0. The number of hydrogen-bond donors (Lipinski definition) is 2. The van der Waals surface area contributed by atoms with E-state index in [0.717, 1.165) is 15.2 Å². The number of fused-ring (bicyclic) bond motifs is 1. The Kier molecular flexibility index (Phi) is 6.41. The minimum atomic E-state index is -0.361. The first-order chi connectivity index (χ1) is 9.38. The predicted molar refractivity (Wildman–Crippen MR) is 91.2 cm³/mol. The Bertz CT molecular complexity index is 630. The minimum absolute atomic E-state index is 0. The molecule has 2 rings (SSSR count). The van der Waals surface area contributed by atoms with Crippen LogP contribution in [0.4, 0.5) is 0 Å². The Labute approximate surface area is 139 Å². The topological polar surface area (TPSA) is 68.0 Å². The smallest absolute Gasteiger partial charge is 0.234 e. The summed E-state index contributed by atoms with van der Waals surface area (Å²) in [7, 11) is 0. The number of carbonyl (C=O) groups is 1. The van der Waals surface area contributed by atoms with E-state index < -0.39 is 0 Å². The van der Waals surface area contributed by atoms with Crippen LogP contribution in [0, 0.1) is 5.92 Å². The van der Waals surface area contributed by atoms with E-state index in [1.54, 1.807) is 11.3 Å². The van der Waals surface area contributed by atoms with Crippen LogP contribution in [0.1, 0.15) is 31.8 Å². The fourth-order valence-electron chi connectivity index (χ4n) is 2.05. The van der Waals surface area contributed by atoms with Crippen molar-refractivity contribution in [3.63, 3.8) is 0 Å². The highest BCUT2D eigenvalue weighted by atomic mass is 35.5. The van der Waals surface area contributed by atoms with Gasteiger partial charge in [0.15, 0.2) is 0 Å². The predicted octanol–water partition coefficient (Wildman–Crippen LogP) is 3.53. The lowest BCUT2D eigenvalue weighted by Gasteiger charge is -2.22. The van der Waals surface area contributed by atoms with Crippen LogP contribution in [0.2, 0.25) is 5.02 Å². The number of primary amides is 1. The molecule has 2 atom stereocenters. The molecule has 0 spiro atoms. The fraction of sp³-hybridized carbons (Fsp3) is 0.429. The molecule has 116 valence electrons. The average molecular weight is 348 g/mol. The van der Waals surface area contributed by atoms with Gasteiger partial charge in [-0.2, -0.15) is 0 Å². The second-order valence-corrected chi connectivity index (χ2v) is 6.68. The third-order valence-corrected chi connectivity index (χ3v) is 4.59. The molecule has 0 aliphatic heterocycles. The largest absolute Gasteiger partial charge is 0.368 e. The van der Waals surface area contributed by atoms with Gasteiger partial charge in [0.1, 0.15) is 5.01 Å². The van der Waals surface area contributed by atoms with Crippen LogP contribution in [-0.2, 0) is 4.79 Å². The Morgan fingerprint density at radius 1 is 1.38 bits per heavy atom. The number of nitrogens with two attached hydrogens (primary N) is 1. The maximum atomic E-state index is 11.4. The van der Waals surface area contributed by atoms with E-state index >= 15 is 0 Å². The van der Waals surface area contributed by atoms with Crippen LogP contribution in [0.5, 0.6) is 0 Å². The van der Waals surface area contributed by atoms with Crippen molar-refractivity contribution < 1.29 is 4.79 Å². The Morgan fingerprint density at radius 3 is 2.62 bits per heavy atom. The number of nitrogens with zero attached hydrogens (tertiary/aromatic N) is 1. The zero-order valence-electron chi connectivity index (χ0n) is 12.1. The van der Waals surface area contributed by atoms with E-state index in [2.05, 4.69) is 10.3 Å². The second-order valence-electron chi connectivity index (χ2n) is 5.18. The van der Waals surface area contributed by atoms with E-state index in [4.69, 9.17) is 17.3 Å². The number of aromatic nitrogens is 1. The minimum Gasteiger partial charge on any atom is -0.368 e. The molecule has 0 saturated heterocycles. The Morgan fingerprint density at radius 2 is 2.05 bits per heavy atom. The van der Waals surface area contributed by atoms with Crippen molar-refractivity contribution in [3.05, 3.63) is 28.2 Å². The molecule has 1 unspecified atom stereocenters. The normalized spacial score (nSPS) is 14.0. The molecule has 1 amide bonds. The number of hydrogen-bond acceptors (Lipinski definition) is 4.